The Morgan fingerprint density at radius 2 is 1.59 bits per heavy atom. The van der Waals surface area contributed by atoms with Gasteiger partial charge in [-0.3, -0.25) is 0 Å². The molecule has 0 bridgehead atoms. The van der Waals surface area contributed by atoms with Gasteiger partial charge in [0.1, 0.15) is 0 Å². The Morgan fingerprint density at radius 1 is 0.973 bits per heavy atom. The van der Waals surface area contributed by atoms with Crippen molar-refractivity contribution in [3.05, 3.63) is 28.3 Å². The van der Waals surface area contributed by atoms with E-state index in [1.807, 2.05) is 14.1 Å². The van der Waals surface area contributed by atoms with Gasteiger partial charge in [0.05, 0.1) is 0 Å². The van der Waals surface area contributed by atoms with Crippen molar-refractivity contribution in [2.24, 2.45) is 11.8 Å². The van der Waals surface area contributed by atoms with Gasteiger partial charge in [0.25, 0.3) is 0 Å². The first-order chi connectivity index (χ1) is 17.6. The van der Waals surface area contributed by atoms with Gasteiger partial charge in [0.2, 0.25) is 0 Å². The fourth-order valence-corrected chi connectivity index (χ4v) is 7.52. The third-order valence-corrected chi connectivity index (χ3v) is 9.39. The first-order valence-corrected chi connectivity index (χ1v) is 15.3. The Labute approximate surface area is 223 Å². The number of aryl methyl sites for hydroxylation is 2. The number of hydrogen-bond donors (Lipinski definition) is 3. The Kier molecular flexibility index (Phi) is 9.50. The summed E-state index contributed by atoms with van der Waals surface area (Å²) in [4.78, 5) is 16.9. The quantitative estimate of drug-likeness (QED) is 0.496. The molecular formula is C27H46N6O3S. The van der Waals surface area contributed by atoms with Gasteiger partial charge in [-0.25, -0.2) is 9.52 Å². The first-order valence-electron chi connectivity index (χ1n) is 13.9. The molecule has 3 N–H and O–H groups in total. The Bertz CT molecular complexity index is 1020. The van der Waals surface area contributed by atoms with E-state index in [0.717, 1.165) is 63.1 Å². The van der Waals surface area contributed by atoms with Gasteiger partial charge in [-0.05, 0) is 127 Å². The van der Waals surface area contributed by atoms with Crippen LogP contribution in [0.5, 0.6) is 0 Å². The van der Waals surface area contributed by atoms with E-state index in [4.69, 9.17) is 0 Å². The number of urea groups is 1. The molecule has 0 saturated carbocycles. The molecule has 10 heteroatoms. The van der Waals surface area contributed by atoms with E-state index in [0.29, 0.717) is 19.0 Å². The van der Waals surface area contributed by atoms with Crippen LogP contribution >= 0.6 is 0 Å². The van der Waals surface area contributed by atoms with Gasteiger partial charge >= 0.3 is 16.2 Å². The summed E-state index contributed by atoms with van der Waals surface area (Å²) in [6.07, 6.45) is 8.34. The third kappa shape index (κ3) is 7.44. The minimum Gasteiger partial charge on any atom is -0.316 e. The van der Waals surface area contributed by atoms with Crippen LogP contribution in [0.2, 0.25) is 0 Å². The SMILES string of the molecule is CN(C)CC1CCN(S(=O)(=O)NC(=O)Nc2c3c(cc4c2CCC4)CCC3)C1.CN(C)CC1CCNC1. The average molecular weight is 535 g/mol. The van der Waals surface area contributed by atoms with Crippen LogP contribution in [0.4, 0.5) is 10.5 Å². The van der Waals surface area contributed by atoms with Crippen molar-refractivity contribution in [2.45, 2.75) is 51.4 Å². The molecule has 0 spiro atoms. The number of nitrogens with zero attached hydrogens (tertiary/aromatic N) is 3. The van der Waals surface area contributed by atoms with E-state index in [2.05, 4.69) is 45.3 Å². The molecule has 5 rings (SSSR count). The maximum atomic E-state index is 12.7. The minimum atomic E-state index is -3.82. The van der Waals surface area contributed by atoms with Gasteiger partial charge in [0.15, 0.2) is 0 Å². The van der Waals surface area contributed by atoms with Crippen molar-refractivity contribution >= 4 is 21.9 Å². The van der Waals surface area contributed by atoms with Crippen LogP contribution in [0.3, 0.4) is 0 Å². The van der Waals surface area contributed by atoms with Crippen LogP contribution < -0.4 is 15.4 Å². The van der Waals surface area contributed by atoms with Crippen molar-refractivity contribution < 1.29 is 13.2 Å². The number of carbonyl (C=O) groups is 1. The molecule has 2 aliphatic carbocycles. The zero-order chi connectivity index (χ0) is 26.6. The fraction of sp³-hybridized carbons (Fsp3) is 0.741. The van der Waals surface area contributed by atoms with E-state index in [-0.39, 0.29) is 0 Å². The monoisotopic (exact) mass is 534 g/mol. The lowest BCUT2D eigenvalue weighted by Gasteiger charge is -2.20. The number of benzene rings is 1. The second-order valence-corrected chi connectivity index (χ2v) is 13.4. The van der Waals surface area contributed by atoms with Gasteiger partial charge in [-0.2, -0.15) is 12.7 Å². The highest BCUT2D eigenvalue weighted by molar-refractivity contribution is 7.87. The molecule has 2 saturated heterocycles. The second kappa shape index (κ2) is 12.4. The number of hydrogen-bond acceptors (Lipinski definition) is 6. The van der Waals surface area contributed by atoms with Crippen LogP contribution in [-0.4, -0.2) is 96.0 Å². The summed E-state index contributed by atoms with van der Waals surface area (Å²) in [5.41, 5.74) is 5.87. The largest absolute Gasteiger partial charge is 0.333 e. The first kappa shape index (κ1) is 28.3. The highest BCUT2D eigenvalue weighted by atomic mass is 32.2. The molecule has 1 aromatic carbocycles. The van der Waals surface area contributed by atoms with Gasteiger partial charge in [-0.1, -0.05) is 6.07 Å². The van der Waals surface area contributed by atoms with Crippen LogP contribution in [0.25, 0.3) is 0 Å². The Morgan fingerprint density at radius 3 is 2.16 bits per heavy atom. The lowest BCUT2D eigenvalue weighted by atomic mass is 9.99. The molecule has 0 aromatic heterocycles. The molecule has 37 heavy (non-hydrogen) atoms. The fourth-order valence-electron chi connectivity index (χ4n) is 6.36. The van der Waals surface area contributed by atoms with Crippen molar-refractivity contribution in [2.75, 3.05) is 72.8 Å². The van der Waals surface area contributed by atoms with Crippen molar-refractivity contribution in [3.63, 3.8) is 0 Å². The maximum Gasteiger partial charge on any atom is 0.333 e. The van der Waals surface area contributed by atoms with Gasteiger partial charge < -0.3 is 20.4 Å². The van der Waals surface area contributed by atoms with Gasteiger partial charge in [0, 0.05) is 31.9 Å². The van der Waals surface area contributed by atoms with Crippen LogP contribution in [-0.2, 0) is 35.9 Å². The molecule has 2 fully saturated rings. The number of anilines is 1. The van der Waals surface area contributed by atoms with E-state index in [1.54, 1.807) is 0 Å². The zero-order valence-corrected chi connectivity index (χ0v) is 23.9. The molecule has 0 radical (unpaired) electrons. The number of nitrogens with one attached hydrogen (secondary N) is 3. The minimum absolute atomic E-state index is 0.301. The van der Waals surface area contributed by atoms with Crippen molar-refractivity contribution in [1.82, 2.24) is 24.1 Å². The topological polar surface area (TPSA) is 97.0 Å². The number of amides is 2. The van der Waals surface area contributed by atoms with E-state index < -0.39 is 16.2 Å². The summed E-state index contributed by atoms with van der Waals surface area (Å²) in [6, 6.07) is 1.64. The lowest BCUT2D eigenvalue weighted by Crippen LogP contribution is -2.44. The number of rotatable bonds is 7. The van der Waals surface area contributed by atoms with E-state index in [9.17, 15) is 13.2 Å². The standard InChI is InChI=1S/C20H30N4O3S.C7H16N2/c1-23(2)12-14-9-10-24(13-14)28(26,27)22-20(25)21-19-17-7-3-5-15(17)11-16-6-4-8-18(16)19;1-9(2)6-7-3-4-8-5-7/h11,14H,3-10,12-13H2,1-2H3,(H2,21,22,25);7-8H,3-6H2,1-2H3. The highest BCUT2D eigenvalue weighted by Gasteiger charge is 2.33. The summed E-state index contributed by atoms with van der Waals surface area (Å²) >= 11 is 0. The number of fused-ring (bicyclic) bond motifs is 2. The molecule has 2 heterocycles. The highest BCUT2D eigenvalue weighted by Crippen LogP contribution is 2.38. The maximum absolute atomic E-state index is 12.7. The van der Waals surface area contributed by atoms with Gasteiger partial charge in [-0.15, -0.1) is 0 Å². The summed E-state index contributed by atoms with van der Waals surface area (Å²) < 4.78 is 29.0. The lowest BCUT2D eigenvalue weighted by molar-refractivity contribution is 0.255. The predicted octanol–water partition coefficient (Wildman–Crippen LogP) is 2.07. The summed E-state index contributed by atoms with van der Waals surface area (Å²) in [6.45, 7) is 5.44. The van der Waals surface area contributed by atoms with E-state index >= 15 is 0 Å². The van der Waals surface area contributed by atoms with E-state index in [1.165, 1.54) is 52.6 Å². The zero-order valence-electron chi connectivity index (χ0n) is 23.1. The molecular weight excluding hydrogens is 488 g/mol. The summed E-state index contributed by atoms with van der Waals surface area (Å²) in [5, 5.41) is 6.25. The third-order valence-electron chi connectivity index (χ3n) is 7.93. The molecule has 2 aliphatic heterocycles. The smallest absolute Gasteiger partial charge is 0.316 e. The molecule has 4 aliphatic rings. The molecule has 2 amide bonds. The molecule has 2 atom stereocenters. The molecule has 2 unspecified atom stereocenters. The Hall–Kier alpha value is -1.72. The molecule has 1 aromatic rings. The summed E-state index contributed by atoms with van der Waals surface area (Å²) in [5.74, 6) is 1.20. The van der Waals surface area contributed by atoms with Crippen LogP contribution in [0, 0.1) is 11.8 Å². The van der Waals surface area contributed by atoms with Crippen molar-refractivity contribution in [1.29, 1.82) is 0 Å². The molecule has 9 nitrogen and oxygen atoms in total. The molecule has 208 valence electrons. The summed E-state index contributed by atoms with van der Waals surface area (Å²) in [7, 11) is 4.42. The predicted molar refractivity (Wildman–Crippen MR) is 149 cm³/mol. The number of carbonyl (C=O) groups excluding carboxylic acids is 1. The van der Waals surface area contributed by atoms with Crippen LogP contribution in [0.1, 0.15) is 47.9 Å². The van der Waals surface area contributed by atoms with Crippen molar-refractivity contribution in [3.8, 4) is 0 Å². The normalized spacial score (nSPS) is 23.2. The average Bonchev–Trinajstić information content (AvgIpc) is 3.60. The Balaban J connectivity index is 0.000000301. The van der Waals surface area contributed by atoms with Crippen LogP contribution in [0.15, 0.2) is 6.07 Å². The second-order valence-electron chi connectivity index (χ2n) is 11.7.